The molecule has 6 nitrogen and oxygen atoms in total. The Bertz CT molecular complexity index is 559. The molecule has 1 aromatic carbocycles. The molecule has 0 spiro atoms. The second-order valence-electron chi connectivity index (χ2n) is 7.25. The second kappa shape index (κ2) is 13.2. The van der Waals surface area contributed by atoms with E-state index in [1.807, 2.05) is 37.4 Å². The minimum absolute atomic E-state index is 0. The van der Waals surface area contributed by atoms with Crippen molar-refractivity contribution < 1.29 is 14.2 Å². The van der Waals surface area contributed by atoms with Crippen molar-refractivity contribution in [3.63, 3.8) is 0 Å². The van der Waals surface area contributed by atoms with E-state index in [0.717, 1.165) is 83.5 Å². The minimum Gasteiger partial charge on any atom is -0.490 e. The van der Waals surface area contributed by atoms with E-state index in [9.17, 15) is 0 Å². The van der Waals surface area contributed by atoms with Gasteiger partial charge in [-0.25, -0.2) is 0 Å². The van der Waals surface area contributed by atoms with Crippen LogP contribution in [-0.4, -0.2) is 70.1 Å². The first-order chi connectivity index (χ1) is 13.3. The lowest BCUT2D eigenvalue weighted by atomic mass is 10.1. The molecule has 2 heterocycles. The van der Waals surface area contributed by atoms with Gasteiger partial charge in [0, 0.05) is 58.7 Å². The number of piperidine rings is 1. The molecule has 2 aliphatic heterocycles. The molecule has 2 saturated heterocycles. The van der Waals surface area contributed by atoms with Gasteiger partial charge in [-0.2, -0.15) is 0 Å². The van der Waals surface area contributed by atoms with Crippen LogP contribution in [0.25, 0.3) is 0 Å². The number of para-hydroxylation sites is 1. The highest BCUT2D eigenvalue weighted by molar-refractivity contribution is 14.0. The van der Waals surface area contributed by atoms with Gasteiger partial charge >= 0.3 is 0 Å². The predicted octanol–water partition coefficient (Wildman–Crippen LogP) is 3.17. The van der Waals surface area contributed by atoms with E-state index in [0.29, 0.717) is 5.92 Å². The van der Waals surface area contributed by atoms with Crippen molar-refractivity contribution in [2.45, 2.75) is 31.8 Å². The number of halogens is 1. The molecule has 0 aromatic heterocycles. The first kappa shape index (κ1) is 23.2. The number of nitrogens with one attached hydrogen (secondary N) is 1. The lowest BCUT2D eigenvalue weighted by Crippen LogP contribution is -2.47. The molecule has 0 aliphatic carbocycles. The topological polar surface area (TPSA) is 55.3 Å². The average molecular weight is 503 g/mol. The van der Waals surface area contributed by atoms with Crippen LogP contribution in [0.1, 0.15) is 25.7 Å². The van der Waals surface area contributed by atoms with E-state index in [4.69, 9.17) is 14.2 Å². The van der Waals surface area contributed by atoms with Crippen LogP contribution in [-0.2, 0) is 9.47 Å². The molecule has 158 valence electrons. The molecule has 1 aromatic rings. The monoisotopic (exact) mass is 503 g/mol. The Hall–Kier alpha value is -1.06. The van der Waals surface area contributed by atoms with Crippen molar-refractivity contribution >= 4 is 29.9 Å². The molecule has 2 fully saturated rings. The van der Waals surface area contributed by atoms with E-state index >= 15 is 0 Å². The molecule has 2 aliphatic rings. The molecule has 1 unspecified atom stereocenters. The minimum atomic E-state index is 0. The van der Waals surface area contributed by atoms with Crippen LogP contribution in [0.5, 0.6) is 5.75 Å². The van der Waals surface area contributed by atoms with E-state index in [1.54, 1.807) is 0 Å². The summed E-state index contributed by atoms with van der Waals surface area (Å²) < 4.78 is 17.2. The quantitative estimate of drug-likeness (QED) is 0.256. The molecule has 1 atom stereocenters. The Kier molecular flexibility index (Phi) is 11.0. The van der Waals surface area contributed by atoms with E-state index in [1.165, 1.54) is 0 Å². The number of guanidine groups is 1. The van der Waals surface area contributed by atoms with Crippen LogP contribution in [0.4, 0.5) is 0 Å². The van der Waals surface area contributed by atoms with Gasteiger partial charge in [0.25, 0.3) is 0 Å². The van der Waals surface area contributed by atoms with Crippen molar-refractivity contribution in [2.75, 3.05) is 53.1 Å². The molecular weight excluding hydrogens is 469 g/mol. The Balaban J connectivity index is 0.00000280. The van der Waals surface area contributed by atoms with E-state index in [2.05, 4.69) is 15.2 Å². The number of likely N-dealkylation sites (tertiary alicyclic amines) is 1. The number of rotatable bonds is 8. The SMILES string of the molecule is CN=C(NCCCOCC1CCOC1)N1CCC(Oc2ccccc2)CC1.I. The van der Waals surface area contributed by atoms with Crippen molar-refractivity contribution in [1.29, 1.82) is 0 Å². The fourth-order valence-electron chi connectivity index (χ4n) is 3.55. The first-order valence-electron chi connectivity index (χ1n) is 10.2. The Labute approximate surface area is 186 Å². The van der Waals surface area contributed by atoms with Crippen LogP contribution in [0.2, 0.25) is 0 Å². The smallest absolute Gasteiger partial charge is 0.193 e. The Morgan fingerprint density at radius 2 is 2.00 bits per heavy atom. The van der Waals surface area contributed by atoms with E-state index < -0.39 is 0 Å². The van der Waals surface area contributed by atoms with Gasteiger partial charge in [-0.1, -0.05) is 18.2 Å². The summed E-state index contributed by atoms with van der Waals surface area (Å²) in [5, 5.41) is 3.46. The fraction of sp³-hybridized carbons (Fsp3) is 0.667. The second-order valence-corrected chi connectivity index (χ2v) is 7.25. The van der Waals surface area contributed by atoms with Crippen LogP contribution >= 0.6 is 24.0 Å². The summed E-state index contributed by atoms with van der Waals surface area (Å²) in [6.45, 7) is 6.17. The van der Waals surface area contributed by atoms with Gasteiger partial charge in [0.05, 0.1) is 13.2 Å². The molecule has 0 amide bonds. The maximum Gasteiger partial charge on any atom is 0.193 e. The first-order valence-corrected chi connectivity index (χ1v) is 10.2. The van der Waals surface area contributed by atoms with Crippen molar-refractivity contribution in [2.24, 2.45) is 10.9 Å². The zero-order valence-electron chi connectivity index (χ0n) is 16.8. The fourth-order valence-corrected chi connectivity index (χ4v) is 3.55. The standard InChI is InChI=1S/C21H33N3O3.HI/c1-22-21(23-11-5-14-25-16-18-10-15-26-17-18)24-12-8-20(9-13-24)27-19-6-3-2-4-7-19;/h2-4,6-7,18,20H,5,8-17H2,1H3,(H,22,23);1H. The van der Waals surface area contributed by atoms with Crippen LogP contribution in [0.15, 0.2) is 35.3 Å². The average Bonchev–Trinajstić information content (AvgIpc) is 3.23. The highest BCUT2D eigenvalue weighted by Gasteiger charge is 2.22. The van der Waals surface area contributed by atoms with Gasteiger partial charge in [-0.3, -0.25) is 4.99 Å². The van der Waals surface area contributed by atoms with Crippen LogP contribution in [0.3, 0.4) is 0 Å². The number of nitrogens with zero attached hydrogens (tertiary/aromatic N) is 2. The summed E-state index contributed by atoms with van der Waals surface area (Å²) in [6, 6.07) is 10.1. The van der Waals surface area contributed by atoms with Crippen molar-refractivity contribution in [3.8, 4) is 5.75 Å². The molecule has 0 radical (unpaired) electrons. The Morgan fingerprint density at radius 3 is 2.68 bits per heavy atom. The zero-order valence-corrected chi connectivity index (χ0v) is 19.2. The molecule has 7 heteroatoms. The lowest BCUT2D eigenvalue weighted by Gasteiger charge is -2.34. The van der Waals surface area contributed by atoms with Gasteiger partial charge in [0.1, 0.15) is 11.9 Å². The summed E-state index contributed by atoms with van der Waals surface area (Å²) in [6.07, 6.45) is 4.44. The normalized spacial score (nSPS) is 20.7. The third kappa shape index (κ3) is 7.75. The van der Waals surface area contributed by atoms with Crippen LogP contribution in [0, 0.1) is 5.92 Å². The zero-order chi connectivity index (χ0) is 18.7. The lowest BCUT2D eigenvalue weighted by molar-refractivity contribution is 0.0886. The molecular formula is C21H34IN3O3. The van der Waals surface area contributed by atoms with Crippen LogP contribution < -0.4 is 10.1 Å². The number of hydrogen-bond acceptors (Lipinski definition) is 4. The largest absolute Gasteiger partial charge is 0.490 e. The van der Waals surface area contributed by atoms with Crippen molar-refractivity contribution in [1.82, 2.24) is 10.2 Å². The molecule has 1 N–H and O–H groups in total. The highest BCUT2D eigenvalue weighted by Crippen LogP contribution is 2.18. The maximum atomic E-state index is 6.07. The summed E-state index contributed by atoms with van der Waals surface area (Å²) in [5.41, 5.74) is 0. The number of aliphatic imine (C=N–C) groups is 1. The van der Waals surface area contributed by atoms with Gasteiger partial charge in [-0.05, 0) is 25.0 Å². The highest BCUT2D eigenvalue weighted by atomic mass is 127. The summed E-state index contributed by atoms with van der Waals surface area (Å²) >= 11 is 0. The van der Waals surface area contributed by atoms with Gasteiger partial charge in [0.15, 0.2) is 5.96 Å². The number of benzene rings is 1. The van der Waals surface area contributed by atoms with Gasteiger partial charge in [0.2, 0.25) is 0 Å². The number of hydrogen-bond donors (Lipinski definition) is 1. The third-order valence-electron chi connectivity index (χ3n) is 5.13. The predicted molar refractivity (Wildman–Crippen MR) is 123 cm³/mol. The summed E-state index contributed by atoms with van der Waals surface area (Å²) in [4.78, 5) is 6.76. The molecule has 0 saturated carbocycles. The molecule has 3 rings (SSSR count). The summed E-state index contributed by atoms with van der Waals surface area (Å²) in [5.74, 6) is 2.53. The van der Waals surface area contributed by atoms with E-state index in [-0.39, 0.29) is 30.1 Å². The van der Waals surface area contributed by atoms with Gasteiger partial charge in [-0.15, -0.1) is 24.0 Å². The molecule has 28 heavy (non-hydrogen) atoms. The number of ether oxygens (including phenoxy) is 3. The Morgan fingerprint density at radius 1 is 1.21 bits per heavy atom. The van der Waals surface area contributed by atoms with Gasteiger partial charge < -0.3 is 24.4 Å². The summed E-state index contributed by atoms with van der Waals surface area (Å²) in [7, 11) is 1.85. The maximum absolute atomic E-state index is 6.07. The third-order valence-corrected chi connectivity index (χ3v) is 5.13. The van der Waals surface area contributed by atoms with Crippen molar-refractivity contribution in [3.05, 3.63) is 30.3 Å². The molecule has 0 bridgehead atoms.